The van der Waals surface area contributed by atoms with E-state index in [1.54, 1.807) is 36.4 Å². The van der Waals surface area contributed by atoms with Crippen molar-refractivity contribution in [3.05, 3.63) is 161 Å². The molecule has 6 rings (SSSR count). The number of carboxylic acid groups (broad SMARTS) is 1. The third-order valence-electron chi connectivity index (χ3n) is 6.55. The molecule has 0 saturated carbocycles. The van der Waals surface area contributed by atoms with Crippen LogP contribution in [0.5, 0.6) is 0 Å². The number of hydrogen-bond donors (Lipinski definition) is 5. The standard InChI is InChI=1S/C15H12N2O.C9H10O2.C8H10N2O.C6H5NO2.H4N2.H2O/c1-11-7-9-13(10-8-11)15-17-16-14(18-15)12-5-3-2-4-6-12;1-7-3-5-8(6-4-7)9(10)11-2;1-6-2-4-7(5-3-6)8(11)10-9;8-6(9)5-3-1-2-4-7-5;1-2;/h2-10H,1H3;3-6H,1-2H3;2-5H,9H2,1H3,(H,10,11);1-4H,(H,8,9);1-2H2;1H2. The molecule has 2 heterocycles. The van der Waals surface area contributed by atoms with Crippen molar-refractivity contribution in [2.75, 3.05) is 7.11 Å². The summed E-state index contributed by atoms with van der Waals surface area (Å²) in [4.78, 5) is 35.5. The molecule has 52 heavy (non-hydrogen) atoms. The van der Waals surface area contributed by atoms with Crippen LogP contribution in [0.3, 0.4) is 0 Å². The Bertz CT molecular complexity index is 1850. The summed E-state index contributed by atoms with van der Waals surface area (Å²) in [5.74, 6) is 12.5. The van der Waals surface area contributed by atoms with E-state index in [9.17, 15) is 14.4 Å². The third-order valence-corrected chi connectivity index (χ3v) is 6.55. The Balaban J connectivity index is 0.000000352. The number of nitrogens with two attached hydrogens (primary N) is 3. The quantitative estimate of drug-likeness (QED) is 0.0696. The number of benzene rings is 4. The van der Waals surface area contributed by atoms with Crippen LogP contribution in [0.2, 0.25) is 0 Å². The molecule has 0 atom stereocenters. The van der Waals surface area contributed by atoms with E-state index in [1.807, 2.05) is 99.6 Å². The molecule has 0 spiro atoms. The number of nitrogens with zero attached hydrogens (tertiary/aromatic N) is 3. The highest BCUT2D eigenvalue weighted by Crippen LogP contribution is 2.23. The van der Waals surface area contributed by atoms with Gasteiger partial charge in [-0.05, 0) is 81.4 Å². The van der Waals surface area contributed by atoms with Gasteiger partial charge in [-0.1, -0.05) is 77.4 Å². The van der Waals surface area contributed by atoms with Crippen LogP contribution in [0.1, 0.15) is 47.9 Å². The Morgan fingerprint density at radius 3 is 1.50 bits per heavy atom. The fourth-order valence-electron chi connectivity index (χ4n) is 3.82. The van der Waals surface area contributed by atoms with E-state index in [4.69, 9.17) is 15.4 Å². The minimum absolute atomic E-state index is 0. The van der Waals surface area contributed by atoms with Crippen LogP contribution < -0.4 is 23.0 Å². The fraction of sp³-hybridized carbons (Fsp3) is 0.105. The molecular weight excluding hydrogens is 666 g/mol. The molecule has 0 aliphatic heterocycles. The van der Waals surface area contributed by atoms with Crippen LogP contribution >= 0.6 is 0 Å². The van der Waals surface area contributed by atoms with Crippen LogP contribution in [0.15, 0.2) is 132 Å². The third kappa shape index (κ3) is 14.9. The second-order valence-corrected chi connectivity index (χ2v) is 10.4. The number of carboxylic acids is 1. The van der Waals surface area contributed by atoms with Crippen molar-refractivity contribution < 1.29 is 34.1 Å². The van der Waals surface area contributed by atoms with E-state index in [2.05, 4.69) is 37.0 Å². The van der Waals surface area contributed by atoms with Gasteiger partial charge in [0, 0.05) is 22.9 Å². The summed E-state index contributed by atoms with van der Waals surface area (Å²) >= 11 is 0. The molecule has 0 aliphatic carbocycles. The number of rotatable bonds is 5. The summed E-state index contributed by atoms with van der Waals surface area (Å²) in [6.45, 7) is 5.98. The molecule has 0 aliphatic rings. The van der Waals surface area contributed by atoms with Gasteiger partial charge in [0.25, 0.3) is 5.91 Å². The smallest absolute Gasteiger partial charge is 0.354 e. The van der Waals surface area contributed by atoms with Gasteiger partial charge in [0.15, 0.2) is 0 Å². The number of carbonyl (C=O) groups is 3. The molecule has 10 N–H and O–H groups in total. The highest BCUT2D eigenvalue weighted by atomic mass is 16.5. The number of carbonyl (C=O) groups excluding carboxylic acids is 2. The molecule has 0 bridgehead atoms. The van der Waals surface area contributed by atoms with E-state index >= 15 is 0 Å². The predicted octanol–water partition coefficient (Wildman–Crippen LogP) is 4.87. The zero-order valence-corrected chi connectivity index (χ0v) is 29.2. The number of esters is 1. The zero-order valence-electron chi connectivity index (χ0n) is 29.2. The molecule has 14 heteroatoms. The number of nitrogens with one attached hydrogen (secondary N) is 1. The second kappa shape index (κ2) is 23.7. The maximum absolute atomic E-state index is 10.9. The average Bonchev–Trinajstić information content (AvgIpc) is 3.68. The first kappa shape index (κ1) is 43.4. The van der Waals surface area contributed by atoms with Gasteiger partial charge in [-0.3, -0.25) is 21.9 Å². The van der Waals surface area contributed by atoms with E-state index < -0.39 is 5.97 Å². The summed E-state index contributed by atoms with van der Waals surface area (Å²) in [5, 5.41) is 16.5. The van der Waals surface area contributed by atoms with Gasteiger partial charge >= 0.3 is 11.9 Å². The Morgan fingerprint density at radius 2 is 1.10 bits per heavy atom. The van der Waals surface area contributed by atoms with Crippen LogP contribution in [-0.2, 0) is 4.74 Å². The van der Waals surface area contributed by atoms with Gasteiger partial charge in [0.05, 0.1) is 12.7 Å². The van der Waals surface area contributed by atoms with Gasteiger partial charge in [0.1, 0.15) is 5.69 Å². The predicted molar refractivity (Wildman–Crippen MR) is 198 cm³/mol. The maximum Gasteiger partial charge on any atom is 0.354 e. The molecule has 0 unspecified atom stereocenters. The molecule has 4 aromatic carbocycles. The first-order valence-electron chi connectivity index (χ1n) is 15.3. The number of ether oxygens (including phenoxy) is 1. The first-order valence-corrected chi connectivity index (χ1v) is 15.3. The number of hydrazine groups is 2. The zero-order chi connectivity index (χ0) is 37.6. The molecule has 0 saturated heterocycles. The Hall–Kier alpha value is -6.58. The SMILES string of the molecule is COC(=O)c1ccc(C)cc1.Cc1ccc(-c2nnc(-c3ccccc3)o2)cc1.Cc1ccc(C(=O)NN)cc1.NN.O.O=C(O)c1ccccn1. The molecular formula is C38H43N7O7. The highest BCUT2D eigenvalue weighted by molar-refractivity contribution is 5.93. The van der Waals surface area contributed by atoms with Crippen LogP contribution in [0.4, 0.5) is 0 Å². The number of amides is 1. The monoisotopic (exact) mass is 709 g/mol. The summed E-state index contributed by atoms with van der Waals surface area (Å²) in [5.41, 5.74) is 8.66. The Morgan fingerprint density at radius 1 is 0.654 bits per heavy atom. The van der Waals surface area contributed by atoms with Gasteiger partial charge < -0.3 is 19.7 Å². The minimum atomic E-state index is -0.990. The lowest BCUT2D eigenvalue weighted by Crippen LogP contribution is -2.29. The highest BCUT2D eigenvalue weighted by Gasteiger charge is 2.09. The van der Waals surface area contributed by atoms with Crippen molar-refractivity contribution in [2.45, 2.75) is 20.8 Å². The number of pyridine rings is 1. The van der Waals surface area contributed by atoms with Crippen LogP contribution in [0.25, 0.3) is 22.9 Å². The summed E-state index contributed by atoms with van der Waals surface area (Å²) in [6, 6.07) is 37.0. The van der Waals surface area contributed by atoms with E-state index in [-0.39, 0.29) is 23.0 Å². The Labute approximate surface area is 301 Å². The molecule has 14 nitrogen and oxygen atoms in total. The first-order chi connectivity index (χ1) is 24.6. The largest absolute Gasteiger partial charge is 0.477 e. The number of hydrogen-bond acceptors (Lipinski definition) is 11. The van der Waals surface area contributed by atoms with E-state index in [0.717, 1.165) is 22.3 Å². The minimum Gasteiger partial charge on any atom is -0.477 e. The van der Waals surface area contributed by atoms with E-state index in [1.165, 1.54) is 24.9 Å². The lowest BCUT2D eigenvalue weighted by Gasteiger charge is -1.98. The number of aromatic nitrogens is 3. The van der Waals surface area contributed by atoms with Crippen molar-refractivity contribution >= 4 is 17.8 Å². The number of methoxy groups -OCH3 is 1. The molecule has 2 aromatic heterocycles. The van der Waals surface area contributed by atoms with Gasteiger partial charge in [-0.25, -0.2) is 20.4 Å². The van der Waals surface area contributed by atoms with Crippen molar-refractivity contribution in [3.63, 3.8) is 0 Å². The number of nitrogen functional groups attached to an aromatic ring is 1. The summed E-state index contributed by atoms with van der Waals surface area (Å²) in [6.07, 6.45) is 1.45. The van der Waals surface area contributed by atoms with E-state index in [0.29, 0.717) is 22.9 Å². The second-order valence-electron chi connectivity index (χ2n) is 10.4. The van der Waals surface area contributed by atoms with Gasteiger partial charge in [0.2, 0.25) is 11.8 Å². The average molecular weight is 710 g/mol. The molecule has 0 fully saturated rings. The molecule has 6 aromatic rings. The molecule has 272 valence electrons. The summed E-state index contributed by atoms with van der Waals surface area (Å²) in [7, 11) is 1.38. The van der Waals surface area contributed by atoms with Crippen molar-refractivity contribution in [1.82, 2.24) is 20.6 Å². The van der Waals surface area contributed by atoms with Gasteiger partial charge in [-0.15, -0.1) is 10.2 Å². The summed E-state index contributed by atoms with van der Waals surface area (Å²) < 4.78 is 10.2. The Kier molecular flexibility index (Phi) is 19.8. The lowest BCUT2D eigenvalue weighted by atomic mass is 10.1. The van der Waals surface area contributed by atoms with Crippen molar-refractivity contribution in [1.29, 1.82) is 0 Å². The normalized spacial score (nSPS) is 9.21. The van der Waals surface area contributed by atoms with Gasteiger partial charge in [-0.2, -0.15) is 0 Å². The van der Waals surface area contributed by atoms with Crippen LogP contribution in [0, 0.1) is 20.8 Å². The number of aromatic carboxylic acids is 1. The topological polar surface area (TPSA) is 254 Å². The van der Waals surface area contributed by atoms with Crippen molar-refractivity contribution in [2.24, 2.45) is 17.5 Å². The van der Waals surface area contributed by atoms with Crippen molar-refractivity contribution in [3.8, 4) is 22.9 Å². The van der Waals surface area contributed by atoms with Crippen LogP contribution in [-0.4, -0.2) is 50.7 Å². The number of aryl methyl sites for hydroxylation is 3. The molecule has 0 radical (unpaired) electrons. The maximum atomic E-state index is 10.9. The molecule has 1 amide bonds. The fourth-order valence-corrected chi connectivity index (χ4v) is 3.82. The lowest BCUT2D eigenvalue weighted by molar-refractivity contribution is 0.0599.